The summed E-state index contributed by atoms with van der Waals surface area (Å²) in [6, 6.07) is 7.03. The fourth-order valence-corrected chi connectivity index (χ4v) is 5.82. The lowest BCUT2D eigenvalue weighted by atomic mass is 9.79. The van der Waals surface area contributed by atoms with E-state index in [1.165, 1.54) is 41.6 Å². The van der Waals surface area contributed by atoms with Crippen LogP contribution < -0.4 is 0 Å². The van der Waals surface area contributed by atoms with E-state index in [2.05, 4.69) is 78.0 Å². The zero-order valence-electron chi connectivity index (χ0n) is 21.8. The lowest BCUT2D eigenvalue weighted by Crippen LogP contribution is -2.24. The molecule has 2 atom stereocenters. The molecule has 1 aromatic carbocycles. The fraction of sp³-hybridized carbons (Fsp3) is 0.469. The number of nitrogens with zero attached hydrogens (tertiary/aromatic N) is 1. The zero-order valence-corrected chi connectivity index (χ0v) is 21.8. The van der Waals surface area contributed by atoms with Crippen molar-refractivity contribution in [3.05, 3.63) is 83.0 Å². The van der Waals surface area contributed by atoms with Crippen molar-refractivity contribution < 1.29 is 4.39 Å². The van der Waals surface area contributed by atoms with Crippen molar-refractivity contribution in [3.8, 4) is 11.1 Å². The van der Waals surface area contributed by atoms with E-state index in [4.69, 9.17) is 4.98 Å². The van der Waals surface area contributed by atoms with E-state index in [-0.39, 0.29) is 22.1 Å². The molecule has 3 aliphatic rings. The molecule has 34 heavy (non-hydrogen) atoms. The molecule has 0 saturated heterocycles. The summed E-state index contributed by atoms with van der Waals surface area (Å²) in [6.07, 6.45) is 20.7. The summed E-state index contributed by atoms with van der Waals surface area (Å²) in [4.78, 5) is 5.45. The van der Waals surface area contributed by atoms with Gasteiger partial charge in [0, 0.05) is 21.8 Å². The largest absolute Gasteiger partial charge is 0.255 e. The van der Waals surface area contributed by atoms with Crippen molar-refractivity contribution in [1.82, 2.24) is 4.98 Å². The normalized spacial score (nSPS) is 24.6. The number of rotatable bonds is 3. The Labute approximate surface area is 205 Å². The summed E-state index contributed by atoms with van der Waals surface area (Å²) in [6.45, 7) is 13.2. The second-order valence-electron chi connectivity index (χ2n) is 11.2. The molecule has 5 rings (SSSR count). The van der Waals surface area contributed by atoms with Crippen LogP contribution in [-0.2, 0) is 17.3 Å². The Morgan fingerprint density at radius 2 is 1.71 bits per heavy atom. The first kappa shape index (κ1) is 24.6. The van der Waals surface area contributed by atoms with Gasteiger partial charge in [-0.3, -0.25) is 4.98 Å². The van der Waals surface area contributed by atoms with Crippen molar-refractivity contribution in [3.63, 3.8) is 0 Å². The van der Waals surface area contributed by atoms with E-state index in [9.17, 15) is 4.39 Å². The molecule has 0 N–H and O–H groups in total. The Bertz CT molecular complexity index is 1130. The summed E-state index contributed by atoms with van der Waals surface area (Å²) < 4.78 is 13.8. The molecule has 1 heterocycles. The highest BCUT2D eigenvalue weighted by atomic mass is 19.1. The quantitative estimate of drug-likeness (QED) is 0.448. The van der Waals surface area contributed by atoms with Crippen molar-refractivity contribution in [2.75, 3.05) is 0 Å². The molecule has 0 aliphatic heterocycles. The van der Waals surface area contributed by atoms with Crippen LogP contribution in [0.4, 0.5) is 4.39 Å². The summed E-state index contributed by atoms with van der Waals surface area (Å²) in [7, 11) is 0. The lowest BCUT2D eigenvalue weighted by Gasteiger charge is -2.29. The van der Waals surface area contributed by atoms with Crippen LogP contribution in [0.2, 0.25) is 0 Å². The van der Waals surface area contributed by atoms with Gasteiger partial charge in [-0.05, 0) is 61.4 Å². The lowest BCUT2D eigenvalue weighted by molar-refractivity contribution is 0.504. The highest BCUT2D eigenvalue weighted by Gasteiger charge is 2.67. The number of benzene rings is 1. The van der Waals surface area contributed by atoms with Crippen LogP contribution in [0.25, 0.3) is 17.2 Å². The second-order valence-corrected chi connectivity index (χ2v) is 11.2. The monoisotopic (exact) mass is 457 g/mol. The Balaban J connectivity index is 0.000000636. The first-order chi connectivity index (χ1) is 16.2. The van der Waals surface area contributed by atoms with Gasteiger partial charge in [0.05, 0.1) is 11.4 Å². The molecule has 0 amide bonds. The third-order valence-electron chi connectivity index (χ3n) is 7.75. The fourth-order valence-electron chi connectivity index (χ4n) is 5.82. The maximum Gasteiger partial charge on any atom is 0.123 e. The number of pyridine rings is 1. The third-order valence-corrected chi connectivity index (χ3v) is 7.75. The van der Waals surface area contributed by atoms with Crippen LogP contribution in [0, 0.1) is 11.2 Å². The number of hydrogen-bond acceptors (Lipinski definition) is 1. The van der Waals surface area contributed by atoms with Crippen LogP contribution in [0.5, 0.6) is 0 Å². The van der Waals surface area contributed by atoms with Crippen LogP contribution in [0.15, 0.2) is 54.6 Å². The molecule has 2 unspecified atom stereocenters. The van der Waals surface area contributed by atoms with Gasteiger partial charge in [-0.15, -0.1) is 0 Å². The van der Waals surface area contributed by atoms with Crippen molar-refractivity contribution in [1.29, 1.82) is 0 Å². The summed E-state index contributed by atoms with van der Waals surface area (Å²) in [5, 5.41) is 0. The number of hydrogen-bond donors (Lipinski definition) is 0. The summed E-state index contributed by atoms with van der Waals surface area (Å²) in [5.41, 5.74) is 7.47. The predicted octanol–water partition coefficient (Wildman–Crippen LogP) is 9.11. The molecule has 1 nitrogen and oxygen atoms in total. The van der Waals surface area contributed by atoms with Gasteiger partial charge >= 0.3 is 0 Å². The Morgan fingerprint density at radius 3 is 2.32 bits per heavy atom. The van der Waals surface area contributed by atoms with Gasteiger partial charge in [-0.1, -0.05) is 96.0 Å². The van der Waals surface area contributed by atoms with Gasteiger partial charge in [0.15, 0.2) is 0 Å². The van der Waals surface area contributed by atoms with Gasteiger partial charge < -0.3 is 0 Å². The smallest absolute Gasteiger partial charge is 0.123 e. The molecule has 1 aromatic heterocycles. The van der Waals surface area contributed by atoms with E-state index in [0.717, 1.165) is 30.5 Å². The molecule has 0 radical (unpaired) electrons. The third kappa shape index (κ3) is 4.10. The van der Waals surface area contributed by atoms with Gasteiger partial charge in [-0.2, -0.15) is 0 Å². The van der Waals surface area contributed by atoms with Gasteiger partial charge in [0.2, 0.25) is 0 Å². The SMILES string of the molecule is C/C=C/c1c(C(C)(C)C)nc2c(c1-c1ccc(F)cc1)CCCC13C=CC=CC21C3.CCCC. The van der Waals surface area contributed by atoms with Crippen molar-refractivity contribution in [2.45, 2.75) is 90.9 Å². The topological polar surface area (TPSA) is 12.9 Å². The minimum atomic E-state index is -0.192. The Morgan fingerprint density at radius 1 is 1.03 bits per heavy atom. The average Bonchev–Trinajstić information content (AvgIpc) is 3.51. The summed E-state index contributed by atoms with van der Waals surface area (Å²) in [5.74, 6) is -0.192. The number of aromatic nitrogens is 1. The van der Waals surface area contributed by atoms with Crippen molar-refractivity contribution >= 4 is 6.08 Å². The molecule has 2 aromatic rings. The minimum Gasteiger partial charge on any atom is -0.255 e. The van der Waals surface area contributed by atoms with E-state index < -0.39 is 0 Å². The van der Waals surface area contributed by atoms with Gasteiger partial charge in [0.25, 0.3) is 0 Å². The summed E-state index contributed by atoms with van der Waals surface area (Å²) >= 11 is 0. The first-order valence-corrected chi connectivity index (χ1v) is 13.1. The maximum absolute atomic E-state index is 13.8. The highest BCUT2D eigenvalue weighted by Crippen LogP contribution is 2.71. The molecule has 1 saturated carbocycles. The van der Waals surface area contributed by atoms with Gasteiger partial charge in [-0.25, -0.2) is 4.39 Å². The second kappa shape index (κ2) is 9.29. The van der Waals surface area contributed by atoms with Crippen LogP contribution in [0.3, 0.4) is 0 Å². The number of allylic oxidation sites excluding steroid dienone is 5. The van der Waals surface area contributed by atoms with Crippen molar-refractivity contribution in [2.24, 2.45) is 5.41 Å². The van der Waals surface area contributed by atoms with Crippen LogP contribution in [-0.4, -0.2) is 4.98 Å². The Kier molecular flexibility index (Phi) is 6.73. The van der Waals surface area contributed by atoms with E-state index in [0.29, 0.717) is 0 Å². The highest BCUT2D eigenvalue weighted by molar-refractivity contribution is 5.81. The number of halogens is 1. The predicted molar refractivity (Wildman–Crippen MR) is 144 cm³/mol. The van der Waals surface area contributed by atoms with E-state index in [1.54, 1.807) is 12.1 Å². The van der Waals surface area contributed by atoms with Crippen LogP contribution in [0.1, 0.15) is 96.2 Å². The molecule has 1 fully saturated rings. The van der Waals surface area contributed by atoms with E-state index in [1.807, 2.05) is 12.1 Å². The Hall–Kier alpha value is -2.48. The molecule has 2 heteroatoms. The standard InChI is InChI=1S/C28H30FN.C4H10/c1-5-9-21-23(19-11-13-20(29)14-12-19)22-10-8-16-27-15-6-7-17-28(27,18-27)25(22)30-24(21)26(2,3)4;1-3-4-2/h5-7,9,11-15,17H,8,10,16,18H2,1-4H3;3-4H2,1-2H3/b9-5+;. The average molecular weight is 458 g/mol. The van der Waals surface area contributed by atoms with Gasteiger partial charge in [0.1, 0.15) is 5.82 Å². The molecular formula is C32H40FN. The molecule has 0 spiro atoms. The van der Waals surface area contributed by atoms with E-state index >= 15 is 0 Å². The molecule has 3 aliphatic carbocycles. The minimum absolute atomic E-state index is 0.0246. The maximum atomic E-state index is 13.8. The number of fused-ring (bicyclic) bond motifs is 1. The first-order valence-electron chi connectivity index (χ1n) is 13.1. The zero-order chi connectivity index (χ0) is 24.6. The molecule has 180 valence electrons. The molecule has 0 bridgehead atoms. The number of unbranched alkanes of at least 4 members (excludes halogenated alkanes) is 1. The molecular weight excluding hydrogens is 417 g/mol. The van der Waals surface area contributed by atoms with Crippen LogP contribution >= 0.6 is 0 Å².